The highest BCUT2D eigenvalue weighted by molar-refractivity contribution is 7.16. The van der Waals surface area contributed by atoms with Crippen molar-refractivity contribution in [3.05, 3.63) is 47.3 Å². The Labute approximate surface area is 143 Å². The average molecular weight is 339 g/mol. The van der Waals surface area contributed by atoms with E-state index in [1.807, 2.05) is 29.6 Å². The molecule has 0 saturated heterocycles. The van der Waals surface area contributed by atoms with Gasteiger partial charge in [-0.05, 0) is 43.5 Å². The molecule has 0 aliphatic heterocycles. The van der Waals surface area contributed by atoms with E-state index >= 15 is 0 Å². The van der Waals surface area contributed by atoms with Gasteiger partial charge in [-0.3, -0.25) is 0 Å². The number of thiophene rings is 1. The van der Waals surface area contributed by atoms with Gasteiger partial charge in [0, 0.05) is 10.9 Å². The lowest BCUT2D eigenvalue weighted by Gasteiger charge is -2.13. The first-order valence-electron chi connectivity index (χ1n) is 7.69. The number of anilines is 1. The maximum atomic E-state index is 6.07. The third kappa shape index (κ3) is 2.39. The van der Waals surface area contributed by atoms with Crippen molar-refractivity contribution in [2.24, 2.45) is 0 Å². The van der Waals surface area contributed by atoms with E-state index in [2.05, 4.69) is 29.1 Å². The molecule has 24 heavy (non-hydrogen) atoms. The number of benzene rings is 1. The first-order chi connectivity index (χ1) is 11.7. The lowest BCUT2D eigenvalue weighted by atomic mass is 10.1. The van der Waals surface area contributed by atoms with E-state index in [0.717, 1.165) is 44.1 Å². The Kier molecular flexibility index (Phi) is 3.61. The minimum absolute atomic E-state index is 0.0126. The summed E-state index contributed by atoms with van der Waals surface area (Å²) in [4.78, 5) is 9.64. The fourth-order valence-electron chi connectivity index (χ4n) is 2.93. The normalized spacial score (nSPS) is 12.6. The van der Waals surface area contributed by atoms with Crippen molar-refractivity contribution in [1.82, 2.24) is 9.97 Å². The van der Waals surface area contributed by atoms with Gasteiger partial charge in [-0.1, -0.05) is 0 Å². The lowest BCUT2D eigenvalue weighted by molar-refractivity contribution is 0.415. The summed E-state index contributed by atoms with van der Waals surface area (Å²) in [5.74, 6) is 2.56. The molecule has 0 aliphatic rings. The van der Waals surface area contributed by atoms with Crippen molar-refractivity contribution in [3.8, 4) is 5.75 Å². The first-order valence-corrected chi connectivity index (χ1v) is 8.57. The SMILES string of the molecule is COc1ccc2oc(C(C)Nc3ncnc4sccc34)c(C)c2c1. The Morgan fingerprint density at radius 1 is 1.21 bits per heavy atom. The van der Waals surface area contributed by atoms with Crippen LogP contribution in [-0.2, 0) is 0 Å². The van der Waals surface area contributed by atoms with Crippen LogP contribution in [0.25, 0.3) is 21.2 Å². The van der Waals surface area contributed by atoms with Crippen LogP contribution in [0.15, 0.2) is 40.4 Å². The Morgan fingerprint density at radius 2 is 2.08 bits per heavy atom. The predicted octanol–water partition coefficient (Wildman–Crippen LogP) is 4.93. The van der Waals surface area contributed by atoms with Crippen LogP contribution in [0.2, 0.25) is 0 Å². The number of nitrogens with zero attached hydrogens (tertiary/aromatic N) is 2. The van der Waals surface area contributed by atoms with Crippen LogP contribution in [0, 0.1) is 6.92 Å². The molecule has 4 rings (SSSR count). The lowest BCUT2D eigenvalue weighted by Crippen LogP contribution is -2.08. The van der Waals surface area contributed by atoms with Gasteiger partial charge in [-0.15, -0.1) is 11.3 Å². The van der Waals surface area contributed by atoms with Crippen LogP contribution >= 0.6 is 11.3 Å². The molecule has 0 aliphatic carbocycles. The summed E-state index contributed by atoms with van der Waals surface area (Å²) < 4.78 is 11.4. The number of rotatable bonds is 4. The summed E-state index contributed by atoms with van der Waals surface area (Å²) in [6, 6.07) is 7.88. The fraction of sp³-hybridized carbons (Fsp3) is 0.222. The molecule has 1 atom stereocenters. The summed E-state index contributed by atoms with van der Waals surface area (Å²) in [5.41, 5.74) is 1.97. The van der Waals surface area contributed by atoms with E-state index in [1.165, 1.54) is 0 Å². The summed E-state index contributed by atoms with van der Waals surface area (Å²) in [6.45, 7) is 4.14. The molecular weight excluding hydrogens is 322 g/mol. The third-order valence-corrected chi connectivity index (χ3v) is 5.01. The molecule has 1 N–H and O–H groups in total. The van der Waals surface area contributed by atoms with E-state index in [4.69, 9.17) is 9.15 Å². The molecule has 3 heterocycles. The zero-order valence-electron chi connectivity index (χ0n) is 13.7. The maximum absolute atomic E-state index is 6.07. The van der Waals surface area contributed by atoms with Crippen LogP contribution < -0.4 is 10.1 Å². The molecule has 0 amide bonds. The fourth-order valence-corrected chi connectivity index (χ4v) is 3.67. The van der Waals surface area contributed by atoms with Crippen molar-refractivity contribution in [3.63, 3.8) is 0 Å². The maximum Gasteiger partial charge on any atom is 0.138 e. The van der Waals surface area contributed by atoms with E-state index in [1.54, 1.807) is 24.8 Å². The van der Waals surface area contributed by atoms with Crippen molar-refractivity contribution in [1.29, 1.82) is 0 Å². The number of ether oxygens (including phenoxy) is 1. The van der Waals surface area contributed by atoms with Crippen molar-refractivity contribution < 1.29 is 9.15 Å². The van der Waals surface area contributed by atoms with Crippen molar-refractivity contribution in [2.45, 2.75) is 19.9 Å². The number of fused-ring (bicyclic) bond motifs is 2. The van der Waals surface area contributed by atoms with E-state index in [9.17, 15) is 0 Å². The number of furan rings is 1. The Hall–Kier alpha value is -2.60. The molecule has 1 unspecified atom stereocenters. The largest absolute Gasteiger partial charge is 0.497 e. The highest BCUT2D eigenvalue weighted by atomic mass is 32.1. The monoisotopic (exact) mass is 339 g/mol. The Morgan fingerprint density at radius 3 is 2.92 bits per heavy atom. The molecule has 0 fully saturated rings. The zero-order valence-corrected chi connectivity index (χ0v) is 14.5. The highest BCUT2D eigenvalue weighted by Crippen LogP contribution is 2.34. The number of methoxy groups -OCH3 is 1. The smallest absolute Gasteiger partial charge is 0.138 e. The zero-order chi connectivity index (χ0) is 16.7. The van der Waals surface area contributed by atoms with Crippen LogP contribution in [0.5, 0.6) is 5.75 Å². The molecule has 122 valence electrons. The summed E-state index contributed by atoms with van der Waals surface area (Å²) in [6.07, 6.45) is 1.59. The first kappa shape index (κ1) is 15.0. The minimum atomic E-state index is -0.0126. The van der Waals surface area contributed by atoms with E-state index < -0.39 is 0 Å². The molecule has 0 spiro atoms. The van der Waals surface area contributed by atoms with Gasteiger partial charge in [0.15, 0.2) is 0 Å². The molecule has 5 nitrogen and oxygen atoms in total. The van der Waals surface area contributed by atoms with Gasteiger partial charge in [0.2, 0.25) is 0 Å². The number of hydrogen-bond donors (Lipinski definition) is 1. The topological polar surface area (TPSA) is 60.2 Å². The van der Waals surface area contributed by atoms with Gasteiger partial charge in [0.1, 0.15) is 34.1 Å². The van der Waals surface area contributed by atoms with Crippen molar-refractivity contribution >= 4 is 38.3 Å². The summed E-state index contributed by atoms with van der Waals surface area (Å²) >= 11 is 1.61. The average Bonchev–Trinajstić information content (AvgIpc) is 3.20. The molecule has 0 bridgehead atoms. The number of nitrogens with one attached hydrogen (secondary N) is 1. The van der Waals surface area contributed by atoms with Gasteiger partial charge < -0.3 is 14.5 Å². The Balaban J connectivity index is 1.71. The minimum Gasteiger partial charge on any atom is -0.497 e. The van der Waals surface area contributed by atoms with Crippen LogP contribution in [0.1, 0.15) is 24.3 Å². The van der Waals surface area contributed by atoms with E-state index in [0.29, 0.717) is 0 Å². The number of hydrogen-bond acceptors (Lipinski definition) is 6. The summed E-state index contributed by atoms with van der Waals surface area (Å²) in [5, 5.41) is 7.57. The molecule has 4 aromatic rings. The van der Waals surface area contributed by atoms with E-state index in [-0.39, 0.29) is 6.04 Å². The predicted molar refractivity (Wildman–Crippen MR) is 97.0 cm³/mol. The third-order valence-electron chi connectivity index (χ3n) is 4.19. The van der Waals surface area contributed by atoms with Crippen LogP contribution in [-0.4, -0.2) is 17.1 Å². The standard InChI is InChI=1S/C18H17N3O2S/c1-10-14-8-12(22-3)4-5-15(14)23-16(10)11(2)21-17-13-6-7-24-18(13)20-9-19-17/h4-9,11H,1-3H3,(H,19,20,21). The highest BCUT2D eigenvalue weighted by Gasteiger charge is 2.18. The molecule has 0 saturated carbocycles. The second kappa shape index (κ2) is 5.79. The molecule has 3 aromatic heterocycles. The number of aromatic nitrogens is 2. The summed E-state index contributed by atoms with van der Waals surface area (Å²) in [7, 11) is 1.67. The molecule has 1 aromatic carbocycles. The van der Waals surface area contributed by atoms with Gasteiger partial charge >= 0.3 is 0 Å². The van der Waals surface area contributed by atoms with Crippen LogP contribution in [0.4, 0.5) is 5.82 Å². The van der Waals surface area contributed by atoms with Gasteiger partial charge in [-0.2, -0.15) is 0 Å². The van der Waals surface area contributed by atoms with Crippen molar-refractivity contribution in [2.75, 3.05) is 12.4 Å². The number of aryl methyl sites for hydroxylation is 1. The molecular formula is C18H17N3O2S. The van der Waals surface area contributed by atoms with Gasteiger partial charge in [0.05, 0.1) is 18.5 Å². The van der Waals surface area contributed by atoms with Gasteiger partial charge in [-0.25, -0.2) is 9.97 Å². The quantitative estimate of drug-likeness (QED) is 0.571. The molecule has 6 heteroatoms. The molecule has 0 radical (unpaired) electrons. The van der Waals surface area contributed by atoms with Crippen LogP contribution in [0.3, 0.4) is 0 Å². The Bertz CT molecular complexity index is 1020. The van der Waals surface area contributed by atoms with Gasteiger partial charge in [0.25, 0.3) is 0 Å². The second-order valence-corrected chi connectivity index (χ2v) is 6.58. The second-order valence-electron chi connectivity index (χ2n) is 5.68.